The number of anilines is 1. The van der Waals surface area contributed by atoms with Crippen molar-refractivity contribution >= 4 is 17.5 Å². The largest absolute Gasteiger partial charge is 0.337 e. The number of nitrogens with zero attached hydrogens (tertiary/aromatic N) is 1. The van der Waals surface area contributed by atoms with Crippen LogP contribution in [-0.2, 0) is 9.59 Å². The molecule has 154 valence electrons. The predicted octanol–water partition coefficient (Wildman–Crippen LogP) is 1.92. The summed E-state index contributed by atoms with van der Waals surface area (Å²) in [5, 5.41) is 2.26. The van der Waals surface area contributed by atoms with Gasteiger partial charge in [-0.15, -0.1) is 0 Å². The summed E-state index contributed by atoms with van der Waals surface area (Å²) in [6, 6.07) is 10.3. The Bertz CT molecular complexity index is 886. The molecule has 2 atom stereocenters. The van der Waals surface area contributed by atoms with Gasteiger partial charge in [0.15, 0.2) is 30.0 Å². The average Bonchev–Trinajstić information content (AvgIpc) is 3.24. The summed E-state index contributed by atoms with van der Waals surface area (Å²) < 4.78 is 40.3. The zero-order chi connectivity index (χ0) is 21.0. The van der Waals surface area contributed by atoms with E-state index in [1.807, 2.05) is 30.3 Å². The minimum absolute atomic E-state index is 0.0713. The van der Waals surface area contributed by atoms with Crippen LogP contribution in [0.3, 0.4) is 0 Å². The molecule has 0 spiro atoms. The third-order valence-electron chi connectivity index (χ3n) is 5.04. The Morgan fingerprint density at radius 2 is 1.69 bits per heavy atom. The molecule has 0 radical (unpaired) electrons. The second-order valence-electron chi connectivity index (χ2n) is 7.17. The second kappa shape index (κ2) is 9.09. The molecular weight excluding hydrogens is 383 g/mol. The molecule has 1 fully saturated rings. The Labute approximate surface area is 167 Å². The standard InChI is InChI=1S/C21H22F3N3O2/c1-26(13-17(28)25-16-10-9-15(22)18(23)19(16)24)20(14-7-3-2-4-8-14)21(29)27-11-5-6-12-27/h2-4,7-10,20H,5-6,11-13H2,1H3,(H,25,28)/p+1/t20-/m0/s1. The third kappa shape index (κ3) is 4.76. The van der Waals surface area contributed by atoms with Crippen molar-refractivity contribution in [2.45, 2.75) is 18.9 Å². The van der Waals surface area contributed by atoms with Gasteiger partial charge in [-0.25, -0.2) is 13.2 Å². The van der Waals surface area contributed by atoms with E-state index in [2.05, 4.69) is 5.32 Å². The Kier molecular flexibility index (Phi) is 6.53. The van der Waals surface area contributed by atoms with Crippen LogP contribution in [0, 0.1) is 17.5 Å². The highest BCUT2D eigenvalue weighted by atomic mass is 19.2. The van der Waals surface area contributed by atoms with Crippen LogP contribution in [0.1, 0.15) is 24.4 Å². The molecule has 0 aliphatic carbocycles. The summed E-state index contributed by atoms with van der Waals surface area (Å²) in [4.78, 5) is 27.9. The Morgan fingerprint density at radius 3 is 2.34 bits per heavy atom. The van der Waals surface area contributed by atoms with Crippen LogP contribution in [0.4, 0.5) is 18.9 Å². The summed E-state index contributed by atoms with van der Waals surface area (Å²) in [6.45, 7) is 1.21. The van der Waals surface area contributed by atoms with E-state index in [1.54, 1.807) is 11.9 Å². The van der Waals surface area contributed by atoms with Crippen molar-refractivity contribution in [1.82, 2.24) is 4.90 Å². The van der Waals surface area contributed by atoms with Gasteiger partial charge in [-0.2, -0.15) is 0 Å². The molecule has 2 aromatic rings. The van der Waals surface area contributed by atoms with Gasteiger partial charge in [0.05, 0.1) is 12.7 Å². The number of halogens is 3. The number of likely N-dealkylation sites (N-methyl/N-ethyl adjacent to an activating group) is 1. The molecule has 0 saturated carbocycles. The summed E-state index contributed by atoms with van der Waals surface area (Å²) in [7, 11) is 1.70. The van der Waals surface area contributed by atoms with Crippen molar-refractivity contribution < 1.29 is 27.7 Å². The van der Waals surface area contributed by atoms with Crippen LogP contribution in [0.5, 0.6) is 0 Å². The fourth-order valence-electron chi connectivity index (χ4n) is 3.58. The zero-order valence-electron chi connectivity index (χ0n) is 16.1. The molecule has 1 unspecified atom stereocenters. The van der Waals surface area contributed by atoms with Gasteiger partial charge < -0.3 is 15.1 Å². The smallest absolute Gasteiger partial charge is 0.285 e. The third-order valence-corrected chi connectivity index (χ3v) is 5.04. The Morgan fingerprint density at radius 1 is 1.03 bits per heavy atom. The van der Waals surface area contributed by atoms with Crippen LogP contribution >= 0.6 is 0 Å². The van der Waals surface area contributed by atoms with E-state index in [0.717, 1.165) is 30.5 Å². The topological polar surface area (TPSA) is 53.9 Å². The highest BCUT2D eigenvalue weighted by molar-refractivity contribution is 5.92. The molecule has 1 heterocycles. The molecule has 8 heteroatoms. The SMILES string of the molecule is C[NH+](CC(=O)Nc1ccc(F)c(F)c1F)[C@H](C(=O)N1CCCC1)c1ccccc1. The first kappa shape index (κ1) is 20.9. The Balaban J connectivity index is 1.75. The van der Waals surface area contributed by atoms with Crippen molar-refractivity contribution in [3.05, 3.63) is 65.5 Å². The molecule has 3 rings (SSSR count). The van der Waals surface area contributed by atoms with Gasteiger partial charge >= 0.3 is 0 Å². The van der Waals surface area contributed by atoms with Crippen molar-refractivity contribution in [2.24, 2.45) is 0 Å². The molecule has 2 aromatic carbocycles. The second-order valence-corrected chi connectivity index (χ2v) is 7.17. The average molecular weight is 406 g/mol. The molecular formula is C21H23F3N3O2+. The van der Waals surface area contributed by atoms with Gasteiger partial charge in [0, 0.05) is 18.7 Å². The summed E-state index contributed by atoms with van der Waals surface area (Å²) in [5.74, 6) is -5.11. The number of hydrogen-bond donors (Lipinski definition) is 2. The molecule has 0 bridgehead atoms. The van der Waals surface area contributed by atoms with Crippen LogP contribution in [-0.4, -0.2) is 43.4 Å². The number of likely N-dealkylation sites (tertiary alicyclic amines) is 1. The lowest BCUT2D eigenvalue weighted by atomic mass is 10.0. The number of hydrogen-bond acceptors (Lipinski definition) is 2. The number of carbonyl (C=O) groups is 2. The lowest BCUT2D eigenvalue weighted by Gasteiger charge is -2.28. The first-order valence-corrected chi connectivity index (χ1v) is 9.48. The fourth-order valence-corrected chi connectivity index (χ4v) is 3.58. The Hall–Kier alpha value is -2.87. The minimum atomic E-state index is -1.64. The summed E-state index contributed by atoms with van der Waals surface area (Å²) in [5.41, 5.74) is 0.331. The zero-order valence-corrected chi connectivity index (χ0v) is 16.1. The maximum atomic E-state index is 13.8. The number of quaternary nitrogens is 1. The van der Waals surface area contributed by atoms with Crippen molar-refractivity contribution in [2.75, 3.05) is 32.0 Å². The molecule has 1 saturated heterocycles. The van der Waals surface area contributed by atoms with E-state index in [4.69, 9.17) is 0 Å². The molecule has 29 heavy (non-hydrogen) atoms. The number of benzene rings is 2. The summed E-state index contributed by atoms with van der Waals surface area (Å²) in [6.07, 6.45) is 1.89. The number of amides is 2. The van der Waals surface area contributed by atoms with E-state index in [9.17, 15) is 22.8 Å². The van der Waals surface area contributed by atoms with Gasteiger partial charge in [0.1, 0.15) is 0 Å². The van der Waals surface area contributed by atoms with Crippen molar-refractivity contribution in [3.63, 3.8) is 0 Å². The number of nitrogens with one attached hydrogen (secondary N) is 2. The molecule has 2 amide bonds. The molecule has 2 N–H and O–H groups in total. The minimum Gasteiger partial charge on any atom is -0.337 e. The van der Waals surface area contributed by atoms with Crippen LogP contribution in [0.2, 0.25) is 0 Å². The molecule has 0 aromatic heterocycles. The van der Waals surface area contributed by atoms with Crippen LogP contribution < -0.4 is 10.2 Å². The highest BCUT2D eigenvalue weighted by Crippen LogP contribution is 2.20. The van der Waals surface area contributed by atoms with Gasteiger partial charge in [-0.05, 0) is 25.0 Å². The van der Waals surface area contributed by atoms with E-state index in [0.29, 0.717) is 18.0 Å². The van der Waals surface area contributed by atoms with E-state index in [-0.39, 0.29) is 12.5 Å². The highest BCUT2D eigenvalue weighted by Gasteiger charge is 2.35. The van der Waals surface area contributed by atoms with Gasteiger partial charge in [0.25, 0.3) is 11.8 Å². The predicted molar refractivity (Wildman–Crippen MR) is 102 cm³/mol. The fraction of sp³-hybridized carbons (Fsp3) is 0.333. The van der Waals surface area contributed by atoms with Crippen molar-refractivity contribution in [3.8, 4) is 0 Å². The van der Waals surface area contributed by atoms with Gasteiger partial charge in [-0.1, -0.05) is 30.3 Å². The van der Waals surface area contributed by atoms with Crippen LogP contribution in [0.15, 0.2) is 42.5 Å². The van der Waals surface area contributed by atoms with Gasteiger partial charge in [-0.3, -0.25) is 9.59 Å². The molecule has 5 nitrogen and oxygen atoms in total. The maximum Gasteiger partial charge on any atom is 0.285 e. The first-order chi connectivity index (χ1) is 13.9. The quantitative estimate of drug-likeness (QED) is 0.721. The summed E-state index contributed by atoms with van der Waals surface area (Å²) >= 11 is 0. The lowest BCUT2D eigenvalue weighted by molar-refractivity contribution is -0.894. The van der Waals surface area contributed by atoms with Crippen molar-refractivity contribution in [1.29, 1.82) is 0 Å². The molecule has 1 aliphatic rings. The first-order valence-electron chi connectivity index (χ1n) is 9.48. The lowest BCUT2D eigenvalue weighted by Crippen LogP contribution is -3.11. The van der Waals surface area contributed by atoms with E-state index >= 15 is 0 Å². The van der Waals surface area contributed by atoms with Gasteiger partial charge in [0.2, 0.25) is 0 Å². The van der Waals surface area contributed by atoms with Crippen LogP contribution in [0.25, 0.3) is 0 Å². The normalized spacial score (nSPS) is 15.8. The number of carbonyl (C=O) groups excluding carboxylic acids is 2. The number of rotatable bonds is 6. The maximum absolute atomic E-state index is 13.8. The monoisotopic (exact) mass is 406 g/mol. The van der Waals surface area contributed by atoms with E-state index < -0.39 is 35.1 Å². The molecule has 1 aliphatic heterocycles. The van der Waals surface area contributed by atoms with E-state index in [1.165, 1.54) is 0 Å².